The fraction of sp³-hybridized carbons (Fsp3) is 0.895. The lowest BCUT2D eigenvalue weighted by atomic mass is 9.95. The van der Waals surface area contributed by atoms with Crippen LogP contribution in [0.15, 0.2) is 0 Å². The summed E-state index contributed by atoms with van der Waals surface area (Å²) < 4.78 is 0. The van der Waals surface area contributed by atoms with Gasteiger partial charge < -0.3 is 10.2 Å². The highest BCUT2D eigenvalue weighted by molar-refractivity contribution is 5.79. The summed E-state index contributed by atoms with van der Waals surface area (Å²) in [5.74, 6) is 1.24. The van der Waals surface area contributed by atoms with E-state index in [2.05, 4.69) is 24.1 Å². The third kappa shape index (κ3) is 6.08. The molecule has 0 aromatic rings. The highest BCUT2D eigenvalue weighted by atomic mass is 16.2. The van der Waals surface area contributed by atoms with Crippen molar-refractivity contribution in [2.45, 2.75) is 58.8 Å². The number of carbonyl (C=O) groups excluding carboxylic acids is 2. The summed E-state index contributed by atoms with van der Waals surface area (Å²) in [5.41, 5.74) is 0. The minimum Gasteiger partial charge on any atom is -0.356 e. The van der Waals surface area contributed by atoms with Gasteiger partial charge >= 0.3 is 0 Å². The number of hydrogen-bond donors (Lipinski definition) is 1. The Kier molecular flexibility index (Phi) is 8.03. The third-order valence-electron chi connectivity index (χ3n) is 5.41. The highest BCUT2D eigenvalue weighted by Crippen LogP contribution is 2.19. The van der Waals surface area contributed by atoms with Crippen LogP contribution in [0.1, 0.15) is 58.8 Å². The lowest BCUT2D eigenvalue weighted by molar-refractivity contribution is -0.134. The Hall–Kier alpha value is -1.10. The SMILES string of the molecule is CCCCCNC(=O)C1CCN(CC(=O)N2CCCC(C)C2)CC1. The molecular weight excluding hydrogens is 302 g/mol. The minimum atomic E-state index is 0.132. The fourth-order valence-corrected chi connectivity index (χ4v) is 3.79. The molecule has 0 aromatic heterocycles. The number of unbranched alkanes of at least 4 members (excludes halogenated alkanes) is 2. The Morgan fingerprint density at radius 1 is 1.08 bits per heavy atom. The average Bonchev–Trinajstić information content (AvgIpc) is 2.59. The number of piperidine rings is 2. The van der Waals surface area contributed by atoms with Crippen LogP contribution in [0.25, 0.3) is 0 Å². The van der Waals surface area contributed by atoms with Crippen LogP contribution in [0.5, 0.6) is 0 Å². The van der Waals surface area contributed by atoms with Gasteiger partial charge in [0, 0.05) is 25.6 Å². The minimum absolute atomic E-state index is 0.132. The van der Waals surface area contributed by atoms with Gasteiger partial charge in [0.05, 0.1) is 6.54 Å². The van der Waals surface area contributed by atoms with Gasteiger partial charge in [-0.05, 0) is 51.1 Å². The number of nitrogens with zero attached hydrogens (tertiary/aromatic N) is 2. The van der Waals surface area contributed by atoms with Crippen LogP contribution in [-0.2, 0) is 9.59 Å². The Balaban J connectivity index is 1.65. The van der Waals surface area contributed by atoms with E-state index in [9.17, 15) is 9.59 Å². The van der Waals surface area contributed by atoms with E-state index < -0.39 is 0 Å². The van der Waals surface area contributed by atoms with Crippen molar-refractivity contribution in [2.75, 3.05) is 39.3 Å². The molecule has 1 atom stereocenters. The Morgan fingerprint density at radius 2 is 1.83 bits per heavy atom. The van der Waals surface area contributed by atoms with Crippen molar-refractivity contribution in [3.05, 3.63) is 0 Å². The Morgan fingerprint density at radius 3 is 2.50 bits per heavy atom. The molecule has 0 radical (unpaired) electrons. The van der Waals surface area contributed by atoms with E-state index in [1.165, 1.54) is 19.3 Å². The largest absolute Gasteiger partial charge is 0.356 e. The summed E-state index contributed by atoms with van der Waals surface area (Å²) >= 11 is 0. The van der Waals surface area contributed by atoms with Gasteiger partial charge in [0.2, 0.25) is 11.8 Å². The van der Waals surface area contributed by atoms with Crippen molar-refractivity contribution < 1.29 is 9.59 Å². The maximum Gasteiger partial charge on any atom is 0.236 e. The second kappa shape index (κ2) is 10.0. The molecule has 2 aliphatic rings. The quantitative estimate of drug-likeness (QED) is 0.725. The summed E-state index contributed by atoms with van der Waals surface area (Å²) in [4.78, 5) is 28.9. The van der Waals surface area contributed by atoms with Crippen LogP contribution in [0.3, 0.4) is 0 Å². The predicted molar refractivity (Wildman–Crippen MR) is 96.7 cm³/mol. The molecule has 0 saturated carbocycles. The van der Waals surface area contributed by atoms with Crippen molar-refractivity contribution in [3.63, 3.8) is 0 Å². The van der Waals surface area contributed by atoms with Crippen LogP contribution < -0.4 is 5.32 Å². The zero-order valence-corrected chi connectivity index (χ0v) is 15.6. The van der Waals surface area contributed by atoms with Gasteiger partial charge in [-0.25, -0.2) is 0 Å². The summed E-state index contributed by atoms with van der Waals surface area (Å²) in [7, 11) is 0. The molecule has 1 unspecified atom stereocenters. The molecule has 5 nitrogen and oxygen atoms in total. The van der Waals surface area contributed by atoms with Crippen LogP contribution >= 0.6 is 0 Å². The molecule has 2 amide bonds. The Labute approximate surface area is 147 Å². The van der Waals surface area contributed by atoms with E-state index >= 15 is 0 Å². The molecule has 0 bridgehead atoms. The van der Waals surface area contributed by atoms with Crippen LogP contribution in [0.4, 0.5) is 0 Å². The van der Waals surface area contributed by atoms with Crippen molar-refractivity contribution in [2.24, 2.45) is 11.8 Å². The topological polar surface area (TPSA) is 52.7 Å². The molecule has 24 heavy (non-hydrogen) atoms. The molecule has 2 saturated heterocycles. The molecule has 1 N–H and O–H groups in total. The molecule has 138 valence electrons. The summed E-state index contributed by atoms with van der Waals surface area (Å²) in [6, 6.07) is 0. The third-order valence-corrected chi connectivity index (χ3v) is 5.41. The first-order valence-corrected chi connectivity index (χ1v) is 9.88. The highest BCUT2D eigenvalue weighted by Gasteiger charge is 2.27. The standard InChI is InChI=1S/C19H35N3O2/c1-3-4-5-10-20-19(24)17-8-12-21(13-9-17)15-18(23)22-11-6-7-16(2)14-22/h16-17H,3-15H2,1-2H3,(H,20,24). The molecule has 2 heterocycles. The molecule has 0 aromatic carbocycles. The zero-order chi connectivity index (χ0) is 17.4. The van der Waals surface area contributed by atoms with Gasteiger partial charge in [-0.1, -0.05) is 26.7 Å². The first kappa shape index (κ1) is 19.2. The van der Waals surface area contributed by atoms with Gasteiger partial charge in [0.15, 0.2) is 0 Å². The summed E-state index contributed by atoms with van der Waals surface area (Å²) in [5, 5.41) is 3.07. The fourth-order valence-electron chi connectivity index (χ4n) is 3.79. The van der Waals surface area contributed by atoms with Crippen LogP contribution in [0.2, 0.25) is 0 Å². The molecule has 0 spiro atoms. The second-order valence-corrected chi connectivity index (χ2v) is 7.64. The second-order valence-electron chi connectivity index (χ2n) is 7.64. The molecule has 2 rings (SSSR count). The first-order valence-electron chi connectivity index (χ1n) is 9.88. The van der Waals surface area contributed by atoms with Crippen molar-refractivity contribution in [3.8, 4) is 0 Å². The van der Waals surface area contributed by atoms with E-state index in [0.29, 0.717) is 12.5 Å². The number of likely N-dealkylation sites (tertiary alicyclic amines) is 2. The number of rotatable bonds is 7. The molecule has 5 heteroatoms. The van der Waals surface area contributed by atoms with Gasteiger partial charge in [0.25, 0.3) is 0 Å². The normalized spacial score (nSPS) is 23.2. The number of nitrogens with one attached hydrogen (secondary N) is 1. The predicted octanol–water partition coefficient (Wildman–Crippen LogP) is 2.26. The van der Waals surface area contributed by atoms with Crippen molar-refractivity contribution in [1.29, 1.82) is 0 Å². The van der Waals surface area contributed by atoms with E-state index in [1.807, 2.05) is 4.90 Å². The monoisotopic (exact) mass is 337 g/mol. The molecule has 0 aliphatic carbocycles. The molecule has 2 fully saturated rings. The van der Waals surface area contributed by atoms with Gasteiger partial charge in [0.1, 0.15) is 0 Å². The number of carbonyl (C=O) groups is 2. The lowest BCUT2D eigenvalue weighted by Crippen LogP contribution is -2.47. The van der Waals surface area contributed by atoms with E-state index in [4.69, 9.17) is 0 Å². The van der Waals surface area contributed by atoms with Gasteiger partial charge in [-0.3, -0.25) is 14.5 Å². The van der Waals surface area contributed by atoms with E-state index in [0.717, 1.165) is 58.4 Å². The van der Waals surface area contributed by atoms with E-state index in [1.54, 1.807) is 0 Å². The van der Waals surface area contributed by atoms with Crippen LogP contribution in [0, 0.1) is 11.8 Å². The Bertz CT molecular complexity index is 405. The molecule has 2 aliphatic heterocycles. The molecular formula is C19H35N3O2. The van der Waals surface area contributed by atoms with Gasteiger partial charge in [-0.15, -0.1) is 0 Å². The maximum atomic E-state index is 12.4. The van der Waals surface area contributed by atoms with Gasteiger partial charge in [-0.2, -0.15) is 0 Å². The number of hydrogen-bond acceptors (Lipinski definition) is 3. The number of amides is 2. The van der Waals surface area contributed by atoms with Crippen LogP contribution in [-0.4, -0.2) is 60.9 Å². The summed E-state index contributed by atoms with van der Waals surface area (Å²) in [6.07, 6.45) is 7.56. The van der Waals surface area contributed by atoms with E-state index in [-0.39, 0.29) is 17.7 Å². The van der Waals surface area contributed by atoms with Crippen molar-refractivity contribution in [1.82, 2.24) is 15.1 Å². The maximum absolute atomic E-state index is 12.4. The smallest absolute Gasteiger partial charge is 0.236 e. The lowest BCUT2D eigenvalue weighted by Gasteiger charge is -2.35. The summed E-state index contributed by atoms with van der Waals surface area (Å²) in [6.45, 7) is 9.28. The van der Waals surface area contributed by atoms with Crippen molar-refractivity contribution >= 4 is 11.8 Å². The zero-order valence-electron chi connectivity index (χ0n) is 15.6. The average molecular weight is 338 g/mol. The first-order chi connectivity index (χ1) is 11.6.